The first-order valence-corrected chi connectivity index (χ1v) is 8.50. The van der Waals surface area contributed by atoms with Crippen molar-refractivity contribution in [2.45, 2.75) is 31.7 Å². The number of carbonyl (C=O) groups is 2. The molecule has 2 rings (SSSR count). The second-order valence-electron chi connectivity index (χ2n) is 6.22. The van der Waals surface area contributed by atoms with Gasteiger partial charge in [0.25, 0.3) is 0 Å². The zero-order chi connectivity index (χ0) is 18.1. The monoisotopic (exact) mass is 339 g/mol. The van der Waals surface area contributed by atoms with Crippen LogP contribution in [0.25, 0.3) is 0 Å². The Hall–Kier alpha value is -2.69. The highest BCUT2D eigenvalue weighted by Gasteiger charge is 2.22. The van der Waals surface area contributed by atoms with Gasteiger partial charge in [-0.05, 0) is 30.5 Å². The molecule has 1 aromatic carbocycles. The fourth-order valence-corrected chi connectivity index (χ4v) is 2.60. The molecule has 0 fully saturated rings. The average molecular weight is 339 g/mol. The summed E-state index contributed by atoms with van der Waals surface area (Å²) in [5.74, 6) is -0.200. The van der Waals surface area contributed by atoms with Gasteiger partial charge in [0, 0.05) is 38.8 Å². The highest BCUT2D eigenvalue weighted by molar-refractivity contribution is 5.87. The quantitative estimate of drug-likeness (QED) is 0.802. The van der Waals surface area contributed by atoms with Gasteiger partial charge >= 0.3 is 0 Å². The largest absolute Gasteiger partial charge is 0.347 e. The molecule has 2 amide bonds. The molecule has 1 aromatic heterocycles. The molecule has 0 aliphatic rings. The normalized spacial score (nSPS) is 11.6. The number of nitrogens with zero attached hydrogens (tertiary/aromatic N) is 2. The summed E-state index contributed by atoms with van der Waals surface area (Å²) in [7, 11) is 3.40. The van der Waals surface area contributed by atoms with E-state index in [-0.39, 0.29) is 11.8 Å². The molecule has 1 N–H and O–H groups in total. The molecule has 132 valence electrons. The molecule has 0 saturated heterocycles. The van der Waals surface area contributed by atoms with Crippen molar-refractivity contribution in [2.24, 2.45) is 0 Å². The second-order valence-corrected chi connectivity index (χ2v) is 6.22. The van der Waals surface area contributed by atoms with Gasteiger partial charge in [-0.25, -0.2) is 0 Å². The number of benzene rings is 1. The van der Waals surface area contributed by atoms with Crippen LogP contribution in [0.3, 0.4) is 0 Å². The number of hydrogen-bond acceptors (Lipinski definition) is 3. The van der Waals surface area contributed by atoms with E-state index in [0.29, 0.717) is 19.3 Å². The smallest absolute Gasteiger partial charge is 0.244 e. The number of aryl methyl sites for hydroxylation is 1. The lowest BCUT2D eigenvalue weighted by Gasteiger charge is -2.22. The van der Waals surface area contributed by atoms with Gasteiger partial charge in [0.2, 0.25) is 11.8 Å². The predicted octanol–water partition coefficient (Wildman–Crippen LogP) is 2.22. The summed E-state index contributed by atoms with van der Waals surface area (Å²) in [5, 5.41) is 2.88. The van der Waals surface area contributed by atoms with Crippen molar-refractivity contribution in [3.05, 3.63) is 66.0 Å². The van der Waals surface area contributed by atoms with Crippen molar-refractivity contribution in [2.75, 3.05) is 14.1 Å². The van der Waals surface area contributed by atoms with Crippen molar-refractivity contribution in [1.29, 1.82) is 0 Å². The van der Waals surface area contributed by atoms with Crippen LogP contribution in [-0.4, -0.2) is 41.8 Å². The van der Waals surface area contributed by atoms with E-state index in [9.17, 15) is 9.59 Å². The van der Waals surface area contributed by atoms with Gasteiger partial charge in [0.1, 0.15) is 6.04 Å². The maximum Gasteiger partial charge on any atom is 0.244 e. The molecular formula is C20H25N3O2. The van der Waals surface area contributed by atoms with Crippen molar-refractivity contribution in [1.82, 2.24) is 15.2 Å². The minimum atomic E-state index is -0.542. The molecule has 0 aliphatic heterocycles. The number of carbonyl (C=O) groups excluding carboxylic acids is 2. The van der Waals surface area contributed by atoms with Gasteiger partial charge in [-0.1, -0.05) is 36.4 Å². The van der Waals surface area contributed by atoms with Crippen LogP contribution >= 0.6 is 0 Å². The van der Waals surface area contributed by atoms with Crippen LogP contribution in [0.4, 0.5) is 0 Å². The Labute approximate surface area is 149 Å². The molecule has 1 heterocycles. The molecule has 25 heavy (non-hydrogen) atoms. The van der Waals surface area contributed by atoms with Gasteiger partial charge in [-0.2, -0.15) is 0 Å². The number of nitrogens with one attached hydrogen (secondary N) is 1. The van der Waals surface area contributed by atoms with E-state index in [2.05, 4.69) is 10.3 Å². The molecule has 1 atom stereocenters. The Morgan fingerprint density at radius 1 is 1.08 bits per heavy atom. The number of hydrogen-bond donors (Lipinski definition) is 1. The van der Waals surface area contributed by atoms with Gasteiger partial charge in [-0.3, -0.25) is 14.6 Å². The van der Waals surface area contributed by atoms with Crippen LogP contribution in [0.15, 0.2) is 54.7 Å². The first kappa shape index (κ1) is 18.6. The van der Waals surface area contributed by atoms with E-state index >= 15 is 0 Å². The van der Waals surface area contributed by atoms with Crippen molar-refractivity contribution in [3.63, 3.8) is 0 Å². The van der Waals surface area contributed by atoms with Gasteiger partial charge in [-0.15, -0.1) is 0 Å². The molecule has 0 aliphatic carbocycles. The zero-order valence-electron chi connectivity index (χ0n) is 14.8. The van der Waals surface area contributed by atoms with E-state index in [1.54, 1.807) is 20.3 Å². The predicted molar refractivity (Wildman–Crippen MR) is 97.9 cm³/mol. The number of amides is 2. The maximum atomic E-state index is 12.4. The molecule has 0 bridgehead atoms. The fourth-order valence-electron chi connectivity index (χ4n) is 2.60. The Balaban J connectivity index is 1.89. The maximum absolute atomic E-state index is 12.4. The second kappa shape index (κ2) is 9.57. The van der Waals surface area contributed by atoms with E-state index in [1.807, 2.05) is 48.5 Å². The summed E-state index contributed by atoms with van der Waals surface area (Å²) < 4.78 is 0. The Kier molecular flexibility index (Phi) is 7.14. The van der Waals surface area contributed by atoms with Crippen molar-refractivity contribution >= 4 is 11.8 Å². The number of likely N-dealkylation sites (N-methyl/N-ethyl adjacent to an activating group) is 1. The number of aromatic nitrogens is 1. The fraction of sp³-hybridized carbons (Fsp3) is 0.350. The van der Waals surface area contributed by atoms with Crippen LogP contribution < -0.4 is 5.32 Å². The molecule has 5 heteroatoms. The number of pyridine rings is 1. The highest BCUT2D eigenvalue weighted by atomic mass is 16.2. The Morgan fingerprint density at radius 2 is 1.80 bits per heavy atom. The van der Waals surface area contributed by atoms with Crippen LogP contribution in [0, 0.1) is 0 Å². The SMILES string of the molecule is CN(C)C(=O)C(Cc1ccccc1)NC(=O)CCCc1ccccn1. The summed E-state index contributed by atoms with van der Waals surface area (Å²) >= 11 is 0. The Morgan fingerprint density at radius 3 is 2.44 bits per heavy atom. The van der Waals surface area contributed by atoms with Crippen molar-refractivity contribution < 1.29 is 9.59 Å². The third kappa shape index (κ3) is 6.37. The third-order valence-corrected chi connectivity index (χ3v) is 3.92. The zero-order valence-corrected chi connectivity index (χ0v) is 14.8. The lowest BCUT2D eigenvalue weighted by molar-refractivity contribution is -0.134. The third-order valence-electron chi connectivity index (χ3n) is 3.92. The van der Waals surface area contributed by atoms with Gasteiger partial charge in [0.15, 0.2) is 0 Å². The average Bonchev–Trinajstić information content (AvgIpc) is 2.62. The lowest BCUT2D eigenvalue weighted by atomic mass is 10.0. The standard InChI is InChI=1S/C20H25N3O2/c1-23(2)20(25)18(15-16-9-4-3-5-10-16)22-19(24)13-8-12-17-11-6-7-14-21-17/h3-7,9-11,14,18H,8,12-13,15H2,1-2H3,(H,22,24). The molecule has 2 aromatic rings. The van der Waals surface area contributed by atoms with Gasteiger partial charge < -0.3 is 10.2 Å². The molecule has 5 nitrogen and oxygen atoms in total. The minimum absolute atomic E-state index is 0.0954. The topological polar surface area (TPSA) is 62.3 Å². The molecular weight excluding hydrogens is 314 g/mol. The molecule has 0 spiro atoms. The summed E-state index contributed by atoms with van der Waals surface area (Å²) in [6.07, 6.45) is 4.07. The first-order valence-electron chi connectivity index (χ1n) is 8.50. The van der Waals surface area contributed by atoms with E-state index in [0.717, 1.165) is 17.7 Å². The highest BCUT2D eigenvalue weighted by Crippen LogP contribution is 2.07. The van der Waals surface area contributed by atoms with Crippen LogP contribution in [0.5, 0.6) is 0 Å². The summed E-state index contributed by atoms with van der Waals surface area (Å²) in [5.41, 5.74) is 2.00. The molecule has 0 saturated carbocycles. The van der Waals surface area contributed by atoms with Crippen LogP contribution in [0.1, 0.15) is 24.1 Å². The van der Waals surface area contributed by atoms with E-state index in [1.165, 1.54) is 4.90 Å². The first-order chi connectivity index (χ1) is 12.1. The summed E-state index contributed by atoms with van der Waals surface area (Å²) in [6.45, 7) is 0. The molecule has 1 unspecified atom stereocenters. The van der Waals surface area contributed by atoms with E-state index in [4.69, 9.17) is 0 Å². The lowest BCUT2D eigenvalue weighted by Crippen LogP contribution is -2.47. The minimum Gasteiger partial charge on any atom is -0.347 e. The summed E-state index contributed by atoms with van der Waals surface area (Å²) in [6, 6.07) is 14.9. The summed E-state index contributed by atoms with van der Waals surface area (Å²) in [4.78, 5) is 30.4. The van der Waals surface area contributed by atoms with Crippen LogP contribution in [0.2, 0.25) is 0 Å². The van der Waals surface area contributed by atoms with Gasteiger partial charge in [0.05, 0.1) is 0 Å². The van der Waals surface area contributed by atoms with Crippen LogP contribution in [-0.2, 0) is 22.4 Å². The Bertz CT molecular complexity index is 672. The molecule has 0 radical (unpaired) electrons. The van der Waals surface area contributed by atoms with Crippen molar-refractivity contribution in [3.8, 4) is 0 Å². The van der Waals surface area contributed by atoms with E-state index < -0.39 is 6.04 Å². The number of rotatable bonds is 8.